The average molecular weight is 922 g/mol. The number of benzene rings is 6. The van der Waals surface area contributed by atoms with Gasteiger partial charge in [-0.2, -0.15) is 26.3 Å². The third kappa shape index (κ3) is 14.4. The predicted molar refractivity (Wildman–Crippen MR) is 237 cm³/mol. The van der Waals surface area contributed by atoms with Gasteiger partial charge in [0.1, 0.15) is 0 Å². The van der Waals surface area contributed by atoms with Crippen molar-refractivity contribution >= 4 is 35.1 Å². The Kier molecular flexibility index (Phi) is 16.2. The normalized spacial score (nSPS) is 11.1. The Balaban J connectivity index is 0.000000221. The number of alkyl halides is 6. The summed E-state index contributed by atoms with van der Waals surface area (Å²) in [6.07, 6.45) is -9.75. The van der Waals surface area contributed by atoms with Crippen molar-refractivity contribution in [3.05, 3.63) is 204 Å². The first-order valence-electron chi connectivity index (χ1n) is 20.4. The van der Waals surface area contributed by atoms with Crippen molar-refractivity contribution in [2.75, 3.05) is 16.3 Å². The zero-order valence-corrected chi connectivity index (χ0v) is 35.3. The summed E-state index contributed by atoms with van der Waals surface area (Å²) < 4.78 is 79.6. The Hall–Kier alpha value is -8.28. The molecule has 3 N–H and O–H groups in total. The molecule has 0 radical (unpaired) electrons. The minimum Gasteiger partial charge on any atom is -0.413 e. The number of carbonyl (C=O) groups excluding carboxylic acids is 4. The number of aromatic nitrogens is 2. The number of nitrogens with zero attached hydrogens (tertiary/aromatic N) is 4. The Morgan fingerprint density at radius 1 is 0.493 bits per heavy atom. The second-order valence-corrected chi connectivity index (χ2v) is 14.5. The molecule has 0 bridgehead atoms. The molecule has 7 rings (SSSR count). The lowest BCUT2D eigenvalue weighted by Crippen LogP contribution is -2.39. The molecule has 5 amide bonds. The lowest BCUT2D eigenvalue weighted by Gasteiger charge is -2.23. The number of carbonyl (C=O) groups is 4. The van der Waals surface area contributed by atoms with Gasteiger partial charge in [0, 0.05) is 35.6 Å². The standard InChI is InChI=1S/C25H22F3N3O3.C24H19F3N4O2/c26-25(27,28)23(33)29-16-22(32)20-13-11-19(12-14-20)17-31(21-9-5-2-6-10-21)24(34)30-15-18-7-3-1-4-8-18;25-24(26,27)22-30-29-21(33-22)19-13-11-18(12-14-19)16-31(20-9-5-2-6-10-20)23(32)28-15-17-7-3-1-4-8-17/h1-14H,15-17H2,(H,29,33)(H,30,34);1-14H,15-16H2,(H,28,32). The van der Waals surface area contributed by atoms with Crippen molar-refractivity contribution in [1.82, 2.24) is 26.1 Å². The number of amides is 5. The summed E-state index contributed by atoms with van der Waals surface area (Å²) in [5.74, 6) is -4.46. The van der Waals surface area contributed by atoms with E-state index < -0.39 is 36.5 Å². The molecule has 1 heterocycles. The highest BCUT2D eigenvalue weighted by molar-refractivity contribution is 6.00. The van der Waals surface area contributed by atoms with E-state index in [0.29, 0.717) is 35.6 Å². The number of rotatable bonds is 14. The lowest BCUT2D eigenvalue weighted by atomic mass is 10.1. The predicted octanol–water partition coefficient (Wildman–Crippen LogP) is 10.1. The van der Waals surface area contributed by atoms with E-state index in [2.05, 4.69) is 20.8 Å². The van der Waals surface area contributed by atoms with E-state index in [1.54, 1.807) is 63.6 Å². The van der Waals surface area contributed by atoms with Gasteiger partial charge in [0.05, 0.1) is 19.6 Å². The van der Waals surface area contributed by atoms with Crippen LogP contribution in [0, 0.1) is 0 Å². The van der Waals surface area contributed by atoms with Gasteiger partial charge in [-0.1, -0.05) is 133 Å². The molecule has 0 fully saturated rings. The summed E-state index contributed by atoms with van der Waals surface area (Å²) in [7, 11) is 0. The SMILES string of the molecule is O=C(CNC(=O)C(F)(F)F)c1ccc(CN(C(=O)NCc2ccccc2)c2ccccc2)cc1.O=C(NCc1ccccc1)N(Cc1ccc(-c2nnc(C(F)(F)F)o2)cc1)c1ccccc1. The highest BCUT2D eigenvalue weighted by Crippen LogP contribution is 2.30. The monoisotopic (exact) mass is 921 g/mol. The van der Waals surface area contributed by atoms with Gasteiger partial charge in [0.25, 0.3) is 0 Å². The summed E-state index contributed by atoms with van der Waals surface area (Å²) in [5, 5.41) is 13.9. The molecular formula is C49H41F6N7O5. The van der Waals surface area contributed by atoms with Crippen LogP contribution >= 0.6 is 0 Å². The second-order valence-electron chi connectivity index (χ2n) is 14.5. The van der Waals surface area contributed by atoms with Crippen molar-refractivity contribution in [2.45, 2.75) is 38.5 Å². The number of nitrogens with one attached hydrogen (secondary N) is 3. The van der Waals surface area contributed by atoms with Crippen molar-refractivity contribution in [3.8, 4) is 11.5 Å². The average Bonchev–Trinajstić information content (AvgIpc) is 3.86. The number of anilines is 2. The lowest BCUT2D eigenvalue weighted by molar-refractivity contribution is -0.173. The summed E-state index contributed by atoms with van der Waals surface area (Å²) >= 11 is 0. The molecule has 0 aliphatic rings. The second kappa shape index (κ2) is 22.6. The van der Waals surface area contributed by atoms with E-state index in [0.717, 1.165) is 16.7 Å². The molecule has 1 aromatic heterocycles. The molecule has 18 heteroatoms. The van der Waals surface area contributed by atoms with Crippen molar-refractivity contribution < 1.29 is 49.9 Å². The third-order valence-corrected chi connectivity index (χ3v) is 9.69. The Morgan fingerprint density at radius 3 is 1.31 bits per heavy atom. The number of hydrogen-bond acceptors (Lipinski definition) is 7. The molecule has 0 unspecified atom stereocenters. The van der Waals surface area contributed by atoms with Gasteiger partial charge in [-0.05, 0) is 58.7 Å². The molecule has 0 atom stereocenters. The van der Waals surface area contributed by atoms with E-state index in [1.807, 2.05) is 109 Å². The van der Waals surface area contributed by atoms with Crippen LogP contribution in [0.25, 0.3) is 11.5 Å². The molecule has 67 heavy (non-hydrogen) atoms. The summed E-state index contributed by atoms with van der Waals surface area (Å²) in [5.41, 5.74) is 5.27. The van der Waals surface area contributed by atoms with E-state index in [9.17, 15) is 45.5 Å². The zero-order valence-electron chi connectivity index (χ0n) is 35.3. The van der Waals surface area contributed by atoms with E-state index in [-0.39, 0.29) is 36.6 Å². The first-order chi connectivity index (χ1) is 32.1. The molecular weight excluding hydrogens is 881 g/mol. The maximum atomic E-state index is 13.0. The highest BCUT2D eigenvalue weighted by atomic mass is 19.4. The Bertz CT molecular complexity index is 2690. The number of Topliss-reactive ketones (excluding diaryl/α,β-unsaturated/α-hetero) is 1. The van der Waals surface area contributed by atoms with Crippen LogP contribution in [0.3, 0.4) is 0 Å². The van der Waals surface area contributed by atoms with Crippen LogP contribution in [0.15, 0.2) is 174 Å². The number of urea groups is 2. The number of ketones is 1. The molecule has 0 spiro atoms. The van der Waals surface area contributed by atoms with Crippen LogP contribution in [0.4, 0.5) is 47.3 Å². The fraction of sp³-hybridized carbons (Fsp3) is 0.143. The number of para-hydroxylation sites is 2. The van der Waals surface area contributed by atoms with Crippen LogP contribution in [-0.4, -0.2) is 46.7 Å². The fourth-order valence-electron chi connectivity index (χ4n) is 6.25. The van der Waals surface area contributed by atoms with Gasteiger partial charge >= 0.3 is 36.2 Å². The maximum Gasteiger partial charge on any atom is 0.471 e. The van der Waals surface area contributed by atoms with Gasteiger partial charge in [-0.15, -0.1) is 10.2 Å². The molecule has 344 valence electrons. The summed E-state index contributed by atoms with van der Waals surface area (Å²) in [6, 6.07) is 49.3. The number of halogens is 6. The van der Waals surface area contributed by atoms with E-state index in [4.69, 9.17) is 4.42 Å². The minimum atomic E-state index is -5.05. The summed E-state index contributed by atoms with van der Waals surface area (Å²) in [4.78, 5) is 52.1. The van der Waals surface area contributed by atoms with Crippen molar-refractivity contribution in [1.29, 1.82) is 0 Å². The largest absolute Gasteiger partial charge is 0.471 e. The Labute approximate surface area is 380 Å². The first-order valence-corrected chi connectivity index (χ1v) is 20.4. The van der Waals surface area contributed by atoms with Crippen molar-refractivity contribution in [3.63, 3.8) is 0 Å². The smallest absolute Gasteiger partial charge is 0.413 e. The van der Waals surface area contributed by atoms with Gasteiger partial charge in [-0.25, -0.2) is 9.59 Å². The van der Waals surface area contributed by atoms with Crippen LogP contribution in [0.2, 0.25) is 0 Å². The van der Waals surface area contributed by atoms with E-state index in [1.165, 1.54) is 12.1 Å². The molecule has 0 aliphatic heterocycles. The van der Waals surface area contributed by atoms with Gasteiger partial charge in [0.2, 0.25) is 5.89 Å². The molecule has 0 saturated carbocycles. The zero-order chi connectivity index (χ0) is 47.8. The van der Waals surface area contributed by atoms with Crippen LogP contribution < -0.4 is 25.8 Å². The molecule has 7 aromatic rings. The third-order valence-electron chi connectivity index (χ3n) is 9.69. The molecule has 6 aromatic carbocycles. The molecule has 0 aliphatic carbocycles. The van der Waals surface area contributed by atoms with Gasteiger partial charge < -0.3 is 20.4 Å². The molecule has 12 nitrogen and oxygen atoms in total. The van der Waals surface area contributed by atoms with Crippen LogP contribution in [-0.2, 0) is 37.1 Å². The maximum absolute atomic E-state index is 13.0. The van der Waals surface area contributed by atoms with Crippen LogP contribution in [0.1, 0.15) is 38.5 Å². The first kappa shape index (κ1) is 48.2. The quantitative estimate of drug-likeness (QED) is 0.0726. The minimum absolute atomic E-state index is 0.144. The Morgan fingerprint density at radius 2 is 0.910 bits per heavy atom. The van der Waals surface area contributed by atoms with Crippen LogP contribution in [0.5, 0.6) is 0 Å². The van der Waals surface area contributed by atoms with Crippen molar-refractivity contribution in [2.24, 2.45) is 0 Å². The molecule has 0 saturated heterocycles. The number of hydrogen-bond donors (Lipinski definition) is 3. The topological polar surface area (TPSA) is 150 Å². The fourth-order valence-corrected chi connectivity index (χ4v) is 6.25. The van der Waals surface area contributed by atoms with E-state index >= 15 is 0 Å². The highest BCUT2D eigenvalue weighted by Gasteiger charge is 2.39. The van der Waals surface area contributed by atoms with Gasteiger partial charge in [0.15, 0.2) is 5.78 Å². The van der Waals surface area contributed by atoms with Gasteiger partial charge in [-0.3, -0.25) is 19.4 Å². The summed E-state index contributed by atoms with van der Waals surface area (Å²) in [6.45, 7) is 0.406.